The average molecular weight is 413 g/mol. The normalized spacial score (nSPS) is 10.3. The lowest BCUT2D eigenvalue weighted by Gasteiger charge is -2.09. The van der Waals surface area contributed by atoms with E-state index >= 15 is 0 Å². The van der Waals surface area contributed by atoms with E-state index in [1.807, 2.05) is 0 Å². The minimum atomic E-state index is -2.94. The lowest BCUT2D eigenvalue weighted by molar-refractivity contribution is -0.146. The van der Waals surface area contributed by atoms with Crippen LogP contribution in [0.3, 0.4) is 0 Å². The smallest absolute Gasteiger partial charge is 0.387 e. The molecule has 0 aromatic heterocycles. The van der Waals surface area contributed by atoms with Crippen LogP contribution >= 0.6 is 11.6 Å². The Morgan fingerprint density at radius 2 is 1.64 bits per heavy atom. The lowest BCUT2D eigenvalue weighted by atomic mass is 10.2. The van der Waals surface area contributed by atoms with Crippen molar-refractivity contribution in [3.63, 3.8) is 0 Å². The Morgan fingerprint density at radius 3 is 2.25 bits per heavy atom. The van der Waals surface area contributed by atoms with E-state index in [1.54, 1.807) is 0 Å². The average Bonchev–Trinajstić information content (AvgIpc) is 2.66. The molecule has 10 heteroatoms. The third-order valence-electron chi connectivity index (χ3n) is 3.23. The summed E-state index contributed by atoms with van der Waals surface area (Å²) < 4.78 is 33.0. The van der Waals surface area contributed by atoms with Crippen molar-refractivity contribution in [2.24, 2.45) is 0 Å². The maximum Gasteiger partial charge on any atom is 0.387 e. The second kappa shape index (κ2) is 10.2. The van der Waals surface area contributed by atoms with Crippen LogP contribution in [0.2, 0.25) is 5.02 Å². The second-order valence-electron chi connectivity index (χ2n) is 5.30. The van der Waals surface area contributed by atoms with Crippen LogP contribution in [0.15, 0.2) is 48.5 Å². The van der Waals surface area contributed by atoms with Gasteiger partial charge in [-0.3, -0.25) is 14.4 Å². The van der Waals surface area contributed by atoms with E-state index in [4.69, 9.17) is 16.3 Å². The number of esters is 1. The van der Waals surface area contributed by atoms with Gasteiger partial charge in [-0.25, -0.2) is 0 Å². The highest BCUT2D eigenvalue weighted by molar-refractivity contribution is 6.30. The quantitative estimate of drug-likeness (QED) is 0.650. The van der Waals surface area contributed by atoms with Crippen molar-refractivity contribution in [2.45, 2.75) is 6.61 Å². The summed E-state index contributed by atoms with van der Waals surface area (Å²) in [4.78, 5) is 35.2. The van der Waals surface area contributed by atoms with Gasteiger partial charge in [-0.2, -0.15) is 8.78 Å². The molecule has 0 aliphatic carbocycles. The highest BCUT2D eigenvalue weighted by Crippen LogP contribution is 2.17. The molecule has 2 amide bonds. The van der Waals surface area contributed by atoms with Gasteiger partial charge in [-0.05, 0) is 48.5 Å². The Balaban J connectivity index is 1.71. The van der Waals surface area contributed by atoms with E-state index in [0.717, 1.165) is 0 Å². The summed E-state index contributed by atoms with van der Waals surface area (Å²) in [5, 5.41) is 5.24. The zero-order valence-electron chi connectivity index (χ0n) is 14.3. The number of anilines is 1. The van der Waals surface area contributed by atoms with Crippen LogP contribution in [0.5, 0.6) is 5.75 Å². The number of amides is 2. The van der Waals surface area contributed by atoms with Gasteiger partial charge in [0, 0.05) is 16.3 Å². The maximum absolute atomic E-state index is 12.1. The topological polar surface area (TPSA) is 93.7 Å². The molecule has 0 fully saturated rings. The molecule has 7 nitrogen and oxygen atoms in total. The van der Waals surface area contributed by atoms with Crippen LogP contribution < -0.4 is 15.4 Å². The molecule has 0 spiro atoms. The van der Waals surface area contributed by atoms with E-state index in [0.29, 0.717) is 16.3 Å². The summed E-state index contributed by atoms with van der Waals surface area (Å²) in [6, 6.07) is 11.3. The minimum absolute atomic E-state index is 0.0594. The fourth-order valence-electron chi connectivity index (χ4n) is 1.97. The lowest BCUT2D eigenvalue weighted by Crippen LogP contribution is -2.32. The summed E-state index contributed by atoms with van der Waals surface area (Å²) in [7, 11) is 0. The van der Waals surface area contributed by atoms with Crippen LogP contribution in [-0.4, -0.2) is 37.5 Å². The number of carbonyl (C=O) groups excluding carboxylic acids is 3. The van der Waals surface area contributed by atoms with Crippen LogP contribution in [0.25, 0.3) is 0 Å². The first-order chi connectivity index (χ1) is 13.3. The molecule has 0 atom stereocenters. The summed E-state index contributed by atoms with van der Waals surface area (Å²) in [6.45, 7) is -3.95. The number of hydrogen-bond donors (Lipinski definition) is 2. The van der Waals surface area contributed by atoms with Gasteiger partial charge in [-0.1, -0.05) is 11.6 Å². The number of carbonyl (C=O) groups is 3. The Kier molecular flexibility index (Phi) is 7.70. The van der Waals surface area contributed by atoms with Crippen LogP contribution in [-0.2, 0) is 14.3 Å². The molecule has 0 heterocycles. The summed E-state index contributed by atoms with van der Waals surface area (Å²) in [5.41, 5.74) is 0.618. The molecule has 2 N–H and O–H groups in total. The van der Waals surface area contributed by atoms with Crippen molar-refractivity contribution in [3.05, 3.63) is 59.1 Å². The molecule has 28 heavy (non-hydrogen) atoms. The Morgan fingerprint density at radius 1 is 1.00 bits per heavy atom. The van der Waals surface area contributed by atoms with Gasteiger partial charge in [0.05, 0.1) is 0 Å². The summed E-state index contributed by atoms with van der Waals surface area (Å²) >= 11 is 5.72. The van der Waals surface area contributed by atoms with Gasteiger partial charge < -0.3 is 20.1 Å². The number of hydrogen-bond acceptors (Lipinski definition) is 5. The highest BCUT2D eigenvalue weighted by Gasteiger charge is 2.11. The highest BCUT2D eigenvalue weighted by atomic mass is 35.5. The Hall–Kier alpha value is -3.20. The van der Waals surface area contributed by atoms with E-state index < -0.39 is 37.5 Å². The fraction of sp³-hybridized carbons (Fsp3) is 0.167. The minimum Gasteiger partial charge on any atom is -0.454 e. The molecule has 0 radical (unpaired) electrons. The van der Waals surface area contributed by atoms with E-state index in [9.17, 15) is 23.2 Å². The van der Waals surface area contributed by atoms with Gasteiger partial charge >= 0.3 is 12.6 Å². The van der Waals surface area contributed by atoms with Crippen molar-refractivity contribution >= 4 is 35.1 Å². The molecule has 0 bridgehead atoms. The number of benzene rings is 2. The number of rotatable bonds is 8. The van der Waals surface area contributed by atoms with E-state index in [1.165, 1.54) is 48.5 Å². The van der Waals surface area contributed by atoms with Crippen molar-refractivity contribution in [1.82, 2.24) is 5.32 Å². The first-order valence-electron chi connectivity index (χ1n) is 7.87. The molecule has 2 aromatic rings. The zero-order chi connectivity index (χ0) is 20.5. The summed E-state index contributed by atoms with van der Waals surface area (Å²) in [6.07, 6.45) is 0. The first-order valence-corrected chi connectivity index (χ1v) is 8.25. The third-order valence-corrected chi connectivity index (χ3v) is 3.48. The molecule has 0 aliphatic rings. The maximum atomic E-state index is 12.1. The molecule has 148 valence electrons. The second-order valence-corrected chi connectivity index (χ2v) is 5.74. The van der Waals surface area contributed by atoms with Gasteiger partial charge in [0.25, 0.3) is 11.8 Å². The SMILES string of the molecule is O=C(COC(=O)CNC(=O)c1ccc(Cl)cc1)Nc1ccc(OC(F)F)cc1. The summed E-state index contributed by atoms with van der Waals surface area (Å²) in [5.74, 6) is -2.00. The molecule has 0 unspecified atom stereocenters. The predicted octanol–water partition coefficient (Wildman–Crippen LogP) is 2.85. The first kappa shape index (κ1) is 21.1. The monoisotopic (exact) mass is 412 g/mol. The molecule has 2 rings (SSSR count). The number of nitrogens with one attached hydrogen (secondary N) is 2. The van der Waals surface area contributed by atoms with Crippen molar-refractivity contribution in [2.75, 3.05) is 18.5 Å². The van der Waals surface area contributed by atoms with Crippen molar-refractivity contribution in [3.8, 4) is 5.75 Å². The van der Waals surface area contributed by atoms with Crippen molar-refractivity contribution < 1.29 is 32.6 Å². The van der Waals surface area contributed by atoms with E-state index in [-0.39, 0.29) is 5.75 Å². The van der Waals surface area contributed by atoms with Crippen LogP contribution in [0.1, 0.15) is 10.4 Å². The number of halogens is 3. The standard InChI is InChI=1S/C18H15ClF2N2O5/c19-12-3-1-11(2-4-12)17(26)22-9-16(25)27-10-15(24)23-13-5-7-14(8-6-13)28-18(20)21/h1-8,18H,9-10H2,(H,22,26)(H,23,24). The van der Waals surface area contributed by atoms with Gasteiger partial charge in [0.2, 0.25) is 0 Å². The van der Waals surface area contributed by atoms with Gasteiger partial charge in [0.15, 0.2) is 6.61 Å². The zero-order valence-corrected chi connectivity index (χ0v) is 15.0. The molecule has 0 aliphatic heterocycles. The Bertz CT molecular complexity index is 829. The molecular weight excluding hydrogens is 398 g/mol. The largest absolute Gasteiger partial charge is 0.454 e. The fourth-order valence-corrected chi connectivity index (χ4v) is 2.10. The molecule has 2 aromatic carbocycles. The predicted molar refractivity (Wildman–Crippen MR) is 96.4 cm³/mol. The molecular formula is C18H15ClF2N2O5. The number of ether oxygens (including phenoxy) is 2. The number of alkyl halides is 2. The Labute approximate surface area is 163 Å². The van der Waals surface area contributed by atoms with Gasteiger partial charge in [0.1, 0.15) is 12.3 Å². The third kappa shape index (κ3) is 7.20. The van der Waals surface area contributed by atoms with Crippen molar-refractivity contribution in [1.29, 1.82) is 0 Å². The molecule has 0 saturated carbocycles. The van der Waals surface area contributed by atoms with Crippen LogP contribution in [0, 0.1) is 0 Å². The van der Waals surface area contributed by atoms with Gasteiger partial charge in [-0.15, -0.1) is 0 Å². The van der Waals surface area contributed by atoms with E-state index in [2.05, 4.69) is 15.4 Å². The molecule has 0 saturated heterocycles. The van der Waals surface area contributed by atoms with Crippen LogP contribution in [0.4, 0.5) is 14.5 Å².